The van der Waals surface area contributed by atoms with E-state index in [1.54, 1.807) is 0 Å². The normalized spacial score (nSPS) is 21.5. The van der Waals surface area contributed by atoms with Gasteiger partial charge >= 0.3 is 0 Å². The third kappa shape index (κ3) is 2.88. The SMILES string of the molecule is CC(C)(CO)c1cccc(C2CCCNC2)c1. The number of rotatable bonds is 3. The summed E-state index contributed by atoms with van der Waals surface area (Å²) >= 11 is 0. The molecule has 0 saturated carbocycles. The van der Waals surface area contributed by atoms with Crippen LogP contribution in [0, 0.1) is 0 Å². The van der Waals surface area contributed by atoms with Crippen LogP contribution in [-0.4, -0.2) is 24.8 Å². The summed E-state index contributed by atoms with van der Waals surface area (Å²) in [6.45, 7) is 6.61. The third-order valence-corrected chi connectivity index (χ3v) is 3.83. The minimum Gasteiger partial charge on any atom is -0.395 e. The van der Waals surface area contributed by atoms with Crippen LogP contribution in [0.4, 0.5) is 0 Å². The summed E-state index contributed by atoms with van der Waals surface area (Å²) in [5, 5.41) is 12.9. The number of nitrogens with one attached hydrogen (secondary N) is 1. The third-order valence-electron chi connectivity index (χ3n) is 3.83. The van der Waals surface area contributed by atoms with Crippen LogP contribution in [0.1, 0.15) is 43.7 Å². The first-order chi connectivity index (χ1) is 8.13. The Bertz CT molecular complexity index is 367. The Morgan fingerprint density at radius 1 is 1.41 bits per heavy atom. The molecule has 0 amide bonds. The summed E-state index contributed by atoms with van der Waals surface area (Å²) in [4.78, 5) is 0. The van der Waals surface area contributed by atoms with Gasteiger partial charge in [-0.3, -0.25) is 0 Å². The highest BCUT2D eigenvalue weighted by Crippen LogP contribution is 2.28. The summed E-state index contributed by atoms with van der Waals surface area (Å²) in [5.74, 6) is 0.637. The molecule has 2 heteroatoms. The topological polar surface area (TPSA) is 32.3 Å². The fraction of sp³-hybridized carbons (Fsp3) is 0.600. The zero-order valence-corrected chi connectivity index (χ0v) is 10.9. The standard InChI is InChI=1S/C15H23NO/c1-15(2,11-17)14-7-3-5-12(9-14)13-6-4-8-16-10-13/h3,5,7,9,13,16-17H,4,6,8,10-11H2,1-2H3. The van der Waals surface area contributed by atoms with Gasteiger partial charge in [-0.2, -0.15) is 0 Å². The Hall–Kier alpha value is -0.860. The second-order valence-electron chi connectivity index (χ2n) is 5.71. The van der Waals surface area contributed by atoms with E-state index in [2.05, 4.69) is 43.4 Å². The molecule has 0 bridgehead atoms. The molecule has 0 aliphatic carbocycles. The first-order valence-corrected chi connectivity index (χ1v) is 6.55. The van der Waals surface area contributed by atoms with Gasteiger partial charge in [0.2, 0.25) is 0 Å². The van der Waals surface area contributed by atoms with E-state index < -0.39 is 0 Å². The number of aliphatic hydroxyl groups excluding tert-OH is 1. The summed E-state index contributed by atoms with van der Waals surface area (Å²) in [5.41, 5.74) is 2.51. The largest absolute Gasteiger partial charge is 0.395 e. The van der Waals surface area contributed by atoms with Gasteiger partial charge in [-0.1, -0.05) is 38.1 Å². The number of hydrogen-bond acceptors (Lipinski definition) is 2. The number of benzene rings is 1. The van der Waals surface area contributed by atoms with E-state index >= 15 is 0 Å². The highest BCUT2D eigenvalue weighted by molar-refractivity contribution is 5.31. The van der Waals surface area contributed by atoms with E-state index in [-0.39, 0.29) is 12.0 Å². The molecular weight excluding hydrogens is 210 g/mol. The smallest absolute Gasteiger partial charge is 0.0522 e. The van der Waals surface area contributed by atoms with Gasteiger partial charge in [0.1, 0.15) is 0 Å². The molecule has 1 atom stereocenters. The second-order valence-corrected chi connectivity index (χ2v) is 5.71. The lowest BCUT2D eigenvalue weighted by atomic mass is 9.82. The number of piperidine rings is 1. The second kappa shape index (κ2) is 5.19. The molecular formula is C15H23NO. The first-order valence-electron chi connectivity index (χ1n) is 6.55. The molecule has 1 aliphatic heterocycles. The van der Waals surface area contributed by atoms with Crippen LogP contribution in [0.5, 0.6) is 0 Å². The highest BCUT2D eigenvalue weighted by atomic mass is 16.3. The van der Waals surface area contributed by atoms with Gasteiger partial charge in [-0.15, -0.1) is 0 Å². The van der Waals surface area contributed by atoms with Crippen molar-refractivity contribution in [2.75, 3.05) is 19.7 Å². The molecule has 17 heavy (non-hydrogen) atoms. The molecule has 1 aromatic carbocycles. The van der Waals surface area contributed by atoms with Crippen LogP contribution in [0.2, 0.25) is 0 Å². The molecule has 2 nitrogen and oxygen atoms in total. The zero-order valence-electron chi connectivity index (χ0n) is 10.9. The van der Waals surface area contributed by atoms with Gasteiger partial charge in [0.05, 0.1) is 6.61 Å². The first kappa shape index (κ1) is 12.6. The molecule has 0 radical (unpaired) electrons. The summed E-state index contributed by atoms with van der Waals surface area (Å²) < 4.78 is 0. The molecule has 1 fully saturated rings. The molecule has 94 valence electrons. The molecule has 0 spiro atoms. The van der Waals surface area contributed by atoms with Gasteiger partial charge in [0.25, 0.3) is 0 Å². The van der Waals surface area contributed by atoms with Gasteiger partial charge in [0.15, 0.2) is 0 Å². The average molecular weight is 233 g/mol. The van der Waals surface area contributed by atoms with E-state index in [0.29, 0.717) is 5.92 Å². The van der Waals surface area contributed by atoms with Gasteiger partial charge in [-0.25, -0.2) is 0 Å². The van der Waals surface area contributed by atoms with E-state index in [9.17, 15) is 5.11 Å². The van der Waals surface area contributed by atoms with Crippen LogP contribution in [0.3, 0.4) is 0 Å². The lowest BCUT2D eigenvalue weighted by Crippen LogP contribution is -2.29. The molecule has 0 aromatic heterocycles. The quantitative estimate of drug-likeness (QED) is 0.840. The summed E-state index contributed by atoms with van der Waals surface area (Å²) in [6.07, 6.45) is 2.54. The molecule has 1 unspecified atom stereocenters. The monoisotopic (exact) mass is 233 g/mol. The van der Waals surface area contributed by atoms with Crippen molar-refractivity contribution in [2.45, 2.75) is 38.0 Å². The molecule has 1 saturated heterocycles. The van der Waals surface area contributed by atoms with E-state index in [0.717, 1.165) is 13.1 Å². The lowest BCUT2D eigenvalue weighted by Gasteiger charge is -2.27. The fourth-order valence-electron chi connectivity index (χ4n) is 2.44. The van der Waals surface area contributed by atoms with Crippen LogP contribution in [0.25, 0.3) is 0 Å². The van der Waals surface area contributed by atoms with Gasteiger partial charge in [0, 0.05) is 12.0 Å². The van der Waals surface area contributed by atoms with Crippen LogP contribution in [-0.2, 0) is 5.41 Å². The zero-order chi connectivity index (χ0) is 12.3. The van der Waals surface area contributed by atoms with Crippen molar-refractivity contribution in [1.29, 1.82) is 0 Å². The summed E-state index contributed by atoms with van der Waals surface area (Å²) in [7, 11) is 0. The maximum Gasteiger partial charge on any atom is 0.0522 e. The van der Waals surface area contributed by atoms with Crippen molar-refractivity contribution >= 4 is 0 Å². The van der Waals surface area contributed by atoms with Gasteiger partial charge in [-0.05, 0) is 36.4 Å². The molecule has 1 aromatic rings. The molecule has 1 heterocycles. The van der Waals surface area contributed by atoms with Crippen molar-refractivity contribution in [3.8, 4) is 0 Å². The van der Waals surface area contributed by atoms with Crippen molar-refractivity contribution in [2.24, 2.45) is 0 Å². The highest BCUT2D eigenvalue weighted by Gasteiger charge is 2.21. The van der Waals surface area contributed by atoms with Crippen molar-refractivity contribution < 1.29 is 5.11 Å². The fourth-order valence-corrected chi connectivity index (χ4v) is 2.44. The lowest BCUT2D eigenvalue weighted by molar-refractivity contribution is 0.218. The Balaban J connectivity index is 2.21. The van der Waals surface area contributed by atoms with Crippen LogP contribution < -0.4 is 5.32 Å². The average Bonchev–Trinajstić information content (AvgIpc) is 2.40. The van der Waals surface area contributed by atoms with Crippen LogP contribution >= 0.6 is 0 Å². The Kier molecular flexibility index (Phi) is 3.85. The molecule has 1 aliphatic rings. The van der Waals surface area contributed by atoms with E-state index in [4.69, 9.17) is 0 Å². The van der Waals surface area contributed by atoms with Crippen molar-refractivity contribution in [1.82, 2.24) is 5.32 Å². The summed E-state index contributed by atoms with van der Waals surface area (Å²) in [6, 6.07) is 8.73. The Morgan fingerprint density at radius 3 is 2.88 bits per heavy atom. The minimum atomic E-state index is -0.141. The minimum absolute atomic E-state index is 0.141. The van der Waals surface area contributed by atoms with Crippen LogP contribution in [0.15, 0.2) is 24.3 Å². The van der Waals surface area contributed by atoms with Crippen molar-refractivity contribution in [3.63, 3.8) is 0 Å². The molecule has 2 rings (SSSR count). The van der Waals surface area contributed by atoms with E-state index in [1.807, 2.05) is 0 Å². The predicted octanol–water partition coefficient (Wildman–Crippen LogP) is 2.42. The number of hydrogen-bond donors (Lipinski definition) is 2. The maximum atomic E-state index is 9.44. The number of aliphatic hydroxyl groups is 1. The predicted molar refractivity (Wildman–Crippen MR) is 71.4 cm³/mol. The van der Waals surface area contributed by atoms with Crippen molar-refractivity contribution in [3.05, 3.63) is 35.4 Å². The van der Waals surface area contributed by atoms with E-state index in [1.165, 1.54) is 24.0 Å². The molecule has 2 N–H and O–H groups in total. The Morgan fingerprint density at radius 2 is 2.24 bits per heavy atom. The maximum absolute atomic E-state index is 9.44. The van der Waals surface area contributed by atoms with Gasteiger partial charge < -0.3 is 10.4 Å². The Labute approximate surface area is 104 Å².